The van der Waals surface area contributed by atoms with E-state index in [0.717, 1.165) is 63.0 Å². The normalized spacial score (nSPS) is 17.0. The standard InChI is InChI=1S/C20H28Cl2N6O/c1-3-19-26-25-14-28(19)8-7-23-20(24-11-16-6-9-29-13-16)27(2)12-15-4-5-17(21)18(22)10-15/h4-5,10,14,16H,3,6-9,11-13H2,1-2H3,(H,23,24). The van der Waals surface area contributed by atoms with Crippen molar-refractivity contribution in [2.75, 3.05) is 33.4 Å². The van der Waals surface area contributed by atoms with E-state index in [0.29, 0.717) is 22.5 Å². The summed E-state index contributed by atoms with van der Waals surface area (Å²) in [7, 11) is 2.02. The lowest BCUT2D eigenvalue weighted by atomic mass is 10.1. The van der Waals surface area contributed by atoms with E-state index >= 15 is 0 Å². The molecule has 1 fully saturated rings. The molecule has 0 aliphatic carbocycles. The van der Waals surface area contributed by atoms with Crippen molar-refractivity contribution in [3.63, 3.8) is 0 Å². The number of nitrogens with zero attached hydrogens (tertiary/aromatic N) is 5. The van der Waals surface area contributed by atoms with Crippen LogP contribution < -0.4 is 5.32 Å². The van der Waals surface area contributed by atoms with Gasteiger partial charge in [-0.25, -0.2) is 0 Å². The third-order valence-electron chi connectivity index (χ3n) is 4.94. The fraction of sp³-hybridized carbons (Fsp3) is 0.550. The molecular weight excluding hydrogens is 411 g/mol. The van der Waals surface area contributed by atoms with Gasteiger partial charge in [0, 0.05) is 52.2 Å². The summed E-state index contributed by atoms with van der Waals surface area (Å²) in [5.74, 6) is 2.32. The zero-order valence-electron chi connectivity index (χ0n) is 16.9. The van der Waals surface area contributed by atoms with Gasteiger partial charge in [-0.3, -0.25) is 4.99 Å². The van der Waals surface area contributed by atoms with Gasteiger partial charge in [0.15, 0.2) is 5.96 Å². The summed E-state index contributed by atoms with van der Waals surface area (Å²) in [6.45, 7) is 6.63. The van der Waals surface area contributed by atoms with E-state index in [4.69, 9.17) is 32.9 Å². The number of aliphatic imine (C=N–C) groups is 1. The smallest absolute Gasteiger partial charge is 0.194 e. The Morgan fingerprint density at radius 1 is 1.38 bits per heavy atom. The Morgan fingerprint density at radius 2 is 2.24 bits per heavy atom. The number of hydrogen-bond acceptors (Lipinski definition) is 4. The van der Waals surface area contributed by atoms with Gasteiger partial charge in [0.1, 0.15) is 12.2 Å². The zero-order valence-corrected chi connectivity index (χ0v) is 18.5. The molecule has 158 valence electrons. The summed E-state index contributed by atoms with van der Waals surface area (Å²) in [4.78, 5) is 6.95. The molecule has 2 heterocycles. The van der Waals surface area contributed by atoms with Crippen LogP contribution in [0.5, 0.6) is 0 Å². The average Bonchev–Trinajstić information content (AvgIpc) is 3.38. The van der Waals surface area contributed by atoms with Gasteiger partial charge < -0.3 is 19.5 Å². The summed E-state index contributed by atoms with van der Waals surface area (Å²) < 4.78 is 7.54. The molecule has 1 atom stereocenters. The van der Waals surface area contributed by atoms with Crippen LogP contribution in [-0.4, -0.2) is 59.0 Å². The molecule has 0 bridgehead atoms. The highest BCUT2D eigenvalue weighted by Gasteiger charge is 2.16. The molecule has 1 aliphatic rings. The van der Waals surface area contributed by atoms with Crippen LogP contribution in [0.1, 0.15) is 24.7 Å². The molecule has 1 saturated heterocycles. The zero-order chi connectivity index (χ0) is 20.6. The van der Waals surface area contributed by atoms with Gasteiger partial charge in [-0.2, -0.15) is 0 Å². The number of benzene rings is 1. The molecular formula is C20H28Cl2N6O. The molecule has 2 aromatic rings. The third-order valence-corrected chi connectivity index (χ3v) is 5.68. The van der Waals surface area contributed by atoms with Crippen LogP contribution in [0.4, 0.5) is 0 Å². The maximum atomic E-state index is 6.17. The van der Waals surface area contributed by atoms with Crippen molar-refractivity contribution in [1.29, 1.82) is 0 Å². The van der Waals surface area contributed by atoms with E-state index in [1.165, 1.54) is 0 Å². The van der Waals surface area contributed by atoms with Gasteiger partial charge in [-0.1, -0.05) is 36.2 Å². The topological polar surface area (TPSA) is 67.6 Å². The van der Waals surface area contributed by atoms with Crippen LogP contribution in [0.2, 0.25) is 10.0 Å². The molecule has 0 saturated carbocycles. The van der Waals surface area contributed by atoms with Crippen LogP contribution in [0, 0.1) is 5.92 Å². The van der Waals surface area contributed by atoms with E-state index in [2.05, 4.69) is 31.9 Å². The molecule has 0 amide bonds. The number of aromatic nitrogens is 3. The summed E-state index contributed by atoms with van der Waals surface area (Å²) in [6, 6.07) is 5.71. The SMILES string of the molecule is CCc1nncn1CCNC(=NCC1CCOC1)N(C)Cc1ccc(Cl)c(Cl)c1. The lowest BCUT2D eigenvalue weighted by Crippen LogP contribution is -2.40. The van der Waals surface area contributed by atoms with E-state index in [-0.39, 0.29) is 0 Å². The first-order valence-corrected chi connectivity index (χ1v) is 10.7. The molecule has 1 aromatic carbocycles. The molecule has 1 unspecified atom stereocenters. The maximum Gasteiger partial charge on any atom is 0.194 e. The lowest BCUT2D eigenvalue weighted by Gasteiger charge is -2.23. The minimum absolute atomic E-state index is 0.481. The number of hydrogen-bond donors (Lipinski definition) is 1. The van der Waals surface area contributed by atoms with Crippen molar-refractivity contribution < 1.29 is 4.74 Å². The predicted molar refractivity (Wildman–Crippen MR) is 117 cm³/mol. The predicted octanol–water partition coefficient (Wildman–Crippen LogP) is 3.26. The Balaban J connectivity index is 1.64. The molecule has 1 aliphatic heterocycles. The Hall–Kier alpha value is -1.83. The van der Waals surface area contributed by atoms with Gasteiger partial charge >= 0.3 is 0 Å². The number of aryl methyl sites for hydroxylation is 1. The van der Waals surface area contributed by atoms with Gasteiger partial charge in [-0.15, -0.1) is 10.2 Å². The van der Waals surface area contributed by atoms with Crippen LogP contribution in [0.25, 0.3) is 0 Å². The monoisotopic (exact) mass is 438 g/mol. The number of ether oxygens (including phenoxy) is 1. The largest absolute Gasteiger partial charge is 0.381 e. The maximum absolute atomic E-state index is 6.17. The summed E-state index contributed by atoms with van der Waals surface area (Å²) in [5.41, 5.74) is 1.08. The minimum atomic E-state index is 0.481. The fourth-order valence-electron chi connectivity index (χ4n) is 3.27. The van der Waals surface area contributed by atoms with Crippen LogP contribution >= 0.6 is 23.2 Å². The van der Waals surface area contributed by atoms with E-state index in [1.807, 2.05) is 25.2 Å². The Kier molecular flexibility index (Phi) is 8.15. The fourth-order valence-corrected chi connectivity index (χ4v) is 3.59. The number of halogens is 2. The molecule has 29 heavy (non-hydrogen) atoms. The van der Waals surface area contributed by atoms with Crippen molar-refractivity contribution in [3.05, 3.63) is 46.0 Å². The van der Waals surface area contributed by atoms with Crippen molar-refractivity contribution in [1.82, 2.24) is 25.0 Å². The van der Waals surface area contributed by atoms with Crippen LogP contribution in [-0.2, 0) is 24.2 Å². The molecule has 0 radical (unpaired) electrons. The number of guanidine groups is 1. The van der Waals surface area contributed by atoms with Gasteiger partial charge in [0.2, 0.25) is 0 Å². The highest BCUT2D eigenvalue weighted by Crippen LogP contribution is 2.23. The van der Waals surface area contributed by atoms with Crippen LogP contribution in [0.15, 0.2) is 29.5 Å². The molecule has 9 heteroatoms. The first-order valence-electron chi connectivity index (χ1n) is 9.94. The molecule has 1 N–H and O–H groups in total. The Morgan fingerprint density at radius 3 is 2.97 bits per heavy atom. The highest BCUT2D eigenvalue weighted by atomic mass is 35.5. The van der Waals surface area contributed by atoms with Crippen molar-refractivity contribution >= 4 is 29.2 Å². The highest BCUT2D eigenvalue weighted by molar-refractivity contribution is 6.42. The van der Waals surface area contributed by atoms with Gasteiger partial charge in [0.25, 0.3) is 0 Å². The second kappa shape index (κ2) is 10.8. The summed E-state index contributed by atoms with van der Waals surface area (Å²) in [5, 5.41) is 12.7. The average molecular weight is 439 g/mol. The molecule has 3 rings (SSSR count). The second-order valence-electron chi connectivity index (χ2n) is 7.22. The third kappa shape index (κ3) is 6.32. The number of nitrogens with one attached hydrogen (secondary N) is 1. The summed E-state index contributed by atoms with van der Waals surface area (Å²) in [6.07, 6.45) is 3.69. The van der Waals surface area contributed by atoms with Crippen molar-refractivity contribution in [2.45, 2.75) is 32.9 Å². The van der Waals surface area contributed by atoms with E-state index < -0.39 is 0 Å². The minimum Gasteiger partial charge on any atom is -0.381 e. The summed E-state index contributed by atoms with van der Waals surface area (Å²) >= 11 is 12.2. The lowest BCUT2D eigenvalue weighted by molar-refractivity contribution is 0.187. The van der Waals surface area contributed by atoms with E-state index in [9.17, 15) is 0 Å². The molecule has 7 nitrogen and oxygen atoms in total. The second-order valence-corrected chi connectivity index (χ2v) is 8.03. The van der Waals surface area contributed by atoms with Gasteiger partial charge in [0.05, 0.1) is 16.7 Å². The molecule has 0 spiro atoms. The molecule has 1 aromatic heterocycles. The van der Waals surface area contributed by atoms with Crippen LogP contribution in [0.3, 0.4) is 0 Å². The first kappa shape index (κ1) is 21.9. The number of rotatable bonds is 8. The van der Waals surface area contributed by atoms with Crippen molar-refractivity contribution in [3.8, 4) is 0 Å². The Labute approximate surface area is 182 Å². The first-order chi connectivity index (χ1) is 14.1. The van der Waals surface area contributed by atoms with Gasteiger partial charge in [-0.05, 0) is 24.1 Å². The van der Waals surface area contributed by atoms with E-state index in [1.54, 1.807) is 6.33 Å². The van der Waals surface area contributed by atoms with Crippen molar-refractivity contribution in [2.24, 2.45) is 10.9 Å². The quantitative estimate of drug-likeness (QED) is 0.505. The Bertz CT molecular complexity index is 819.